The van der Waals surface area contributed by atoms with Gasteiger partial charge in [0.2, 0.25) is 0 Å². The van der Waals surface area contributed by atoms with Gasteiger partial charge in [-0.25, -0.2) is 12.8 Å². The Balaban J connectivity index is 2.74. The van der Waals surface area contributed by atoms with Gasteiger partial charge >= 0.3 is 0 Å². The van der Waals surface area contributed by atoms with Gasteiger partial charge in [-0.05, 0) is 44.0 Å². The zero-order valence-electron chi connectivity index (χ0n) is 14.0. The Morgan fingerprint density at radius 1 is 1.42 bits per heavy atom. The Labute approximate surface area is 142 Å². The van der Waals surface area contributed by atoms with E-state index in [0.29, 0.717) is 6.42 Å². The average molecular weight is 357 g/mol. The summed E-state index contributed by atoms with van der Waals surface area (Å²) in [6.45, 7) is 6.85. The molecule has 1 aromatic rings. The number of aliphatic hydroxyl groups is 1. The summed E-state index contributed by atoms with van der Waals surface area (Å²) < 4.78 is 37.3. The maximum Gasteiger partial charge on any atom is 0.252 e. The van der Waals surface area contributed by atoms with E-state index in [2.05, 4.69) is 11.9 Å². The first-order valence-corrected chi connectivity index (χ1v) is 9.42. The molecule has 1 amide bonds. The first kappa shape index (κ1) is 20.3. The molecule has 0 aliphatic heterocycles. The van der Waals surface area contributed by atoms with Crippen LogP contribution in [0.2, 0.25) is 0 Å². The number of benzene rings is 1. The van der Waals surface area contributed by atoms with Crippen molar-refractivity contribution >= 4 is 15.7 Å². The molecule has 24 heavy (non-hydrogen) atoms. The molecule has 0 aromatic heterocycles. The molecule has 0 aliphatic carbocycles. The van der Waals surface area contributed by atoms with Crippen LogP contribution in [0.1, 0.15) is 33.1 Å². The van der Waals surface area contributed by atoms with Gasteiger partial charge in [0.15, 0.2) is 9.84 Å². The first-order valence-electron chi connectivity index (χ1n) is 7.76. The zero-order chi connectivity index (χ0) is 18.4. The van der Waals surface area contributed by atoms with Crippen molar-refractivity contribution < 1.29 is 22.7 Å². The largest absolute Gasteiger partial charge is 0.380 e. The molecule has 5 nitrogen and oxygen atoms in total. The van der Waals surface area contributed by atoms with Gasteiger partial charge in [-0.15, -0.1) is 6.58 Å². The van der Waals surface area contributed by atoms with Crippen LogP contribution < -0.4 is 5.32 Å². The monoisotopic (exact) mass is 357 g/mol. The van der Waals surface area contributed by atoms with E-state index in [1.54, 1.807) is 6.08 Å². The number of amides is 1. The number of halogens is 1. The van der Waals surface area contributed by atoms with Crippen LogP contribution in [0.25, 0.3) is 0 Å². The van der Waals surface area contributed by atoms with E-state index in [4.69, 9.17) is 0 Å². The predicted octanol–water partition coefficient (Wildman–Crippen LogP) is 2.21. The highest BCUT2D eigenvalue weighted by Crippen LogP contribution is 2.18. The van der Waals surface area contributed by atoms with Crippen LogP contribution in [0.3, 0.4) is 0 Å². The minimum Gasteiger partial charge on any atom is -0.380 e. The minimum absolute atomic E-state index is 0.0462. The third-order valence-electron chi connectivity index (χ3n) is 3.72. The van der Waals surface area contributed by atoms with E-state index < -0.39 is 32.9 Å². The van der Waals surface area contributed by atoms with Crippen molar-refractivity contribution in [2.45, 2.75) is 49.6 Å². The molecule has 0 radical (unpaired) electrons. The predicted molar refractivity (Wildman–Crippen MR) is 90.7 cm³/mol. The quantitative estimate of drug-likeness (QED) is 0.524. The van der Waals surface area contributed by atoms with Gasteiger partial charge in [-0.1, -0.05) is 19.4 Å². The van der Waals surface area contributed by atoms with Gasteiger partial charge in [-0.3, -0.25) is 4.79 Å². The maximum atomic E-state index is 12.9. The minimum atomic E-state index is -3.71. The van der Waals surface area contributed by atoms with E-state index >= 15 is 0 Å². The fourth-order valence-corrected chi connectivity index (χ4v) is 3.54. The van der Waals surface area contributed by atoms with Crippen LogP contribution in [0.15, 0.2) is 41.8 Å². The molecule has 0 saturated heterocycles. The number of sulfone groups is 1. The number of hydrogen-bond donors (Lipinski definition) is 2. The highest BCUT2D eigenvalue weighted by atomic mass is 32.2. The molecule has 0 heterocycles. The Hall–Kier alpha value is -1.73. The van der Waals surface area contributed by atoms with Crippen molar-refractivity contribution in [2.75, 3.05) is 5.75 Å². The van der Waals surface area contributed by atoms with Crippen molar-refractivity contribution in [2.24, 2.45) is 0 Å². The van der Waals surface area contributed by atoms with Gasteiger partial charge in [-0.2, -0.15) is 0 Å². The Morgan fingerprint density at radius 3 is 2.50 bits per heavy atom. The molecular formula is C17H24FNO4S. The molecule has 2 N–H and O–H groups in total. The molecule has 0 fully saturated rings. The van der Waals surface area contributed by atoms with Crippen LogP contribution >= 0.6 is 0 Å². The molecule has 0 saturated carbocycles. The SMILES string of the molecule is C=CC(CCC)NC(=O)C(C)(O)CCS(=O)(=O)c1ccc(F)cc1. The normalized spacial score (nSPS) is 15.3. The number of hydrogen-bond acceptors (Lipinski definition) is 4. The molecule has 0 bridgehead atoms. The summed E-state index contributed by atoms with van der Waals surface area (Å²) in [5.41, 5.74) is -1.83. The molecule has 2 atom stereocenters. The van der Waals surface area contributed by atoms with E-state index in [0.717, 1.165) is 30.7 Å². The standard InChI is InChI=1S/C17H24FNO4S/c1-4-6-14(5-2)19-16(20)17(3,21)11-12-24(22,23)15-9-7-13(18)8-10-15/h5,7-10,14,21H,2,4,6,11-12H2,1,3H3,(H,19,20). The van der Waals surface area contributed by atoms with E-state index in [9.17, 15) is 22.7 Å². The zero-order valence-corrected chi connectivity index (χ0v) is 14.8. The van der Waals surface area contributed by atoms with Gasteiger partial charge in [0, 0.05) is 6.04 Å². The van der Waals surface area contributed by atoms with Crippen LogP contribution in [0, 0.1) is 5.82 Å². The molecular weight excluding hydrogens is 333 g/mol. The summed E-state index contributed by atoms with van der Waals surface area (Å²) in [7, 11) is -3.71. The highest BCUT2D eigenvalue weighted by molar-refractivity contribution is 7.91. The summed E-state index contributed by atoms with van der Waals surface area (Å²) in [6, 6.07) is 4.15. The second-order valence-corrected chi connectivity index (χ2v) is 8.01. The fraction of sp³-hybridized carbons (Fsp3) is 0.471. The lowest BCUT2D eigenvalue weighted by atomic mass is 10.0. The molecule has 7 heteroatoms. The summed E-state index contributed by atoms with van der Waals surface area (Å²) in [6.07, 6.45) is 2.82. The van der Waals surface area contributed by atoms with Crippen LogP contribution in [-0.4, -0.2) is 36.8 Å². The van der Waals surface area contributed by atoms with Crippen LogP contribution in [0.5, 0.6) is 0 Å². The van der Waals surface area contributed by atoms with E-state index in [1.807, 2.05) is 6.92 Å². The summed E-state index contributed by atoms with van der Waals surface area (Å²) in [5, 5.41) is 12.9. The summed E-state index contributed by atoms with van der Waals surface area (Å²) in [5.74, 6) is -1.60. The lowest BCUT2D eigenvalue weighted by molar-refractivity contribution is -0.138. The number of rotatable bonds is 9. The highest BCUT2D eigenvalue weighted by Gasteiger charge is 2.33. The number of carbonyl (C=O) groups is 1. The van der Waals surface area contributed by atoms with Crippen molar-refractivity contribution in [3.63, 3.8) is 0 Å². The van der Waals surface area contributed by atoms with E-state index in [-0.39, 0.29) is 17.4 Å². The smallest absolute Gasteiger partial charge is 0.252 e. The lowest BCUT2D eigenvalue weighted by Crippen LogP contribution is -2.48. The van der Waals surface area contributed by atoms with Gasteiger partial charge in [0.25, 0.3) is 5.91 Å². The third-order valence-corrected chi connectivity index (χ3v) is 5.45. The van der Waals surface area contributed by atoms with Gasteiger partial charge < -0.3 is 10.4 Å². The topological polar surface area (TPSA) is 83.5 Å². The van der Waals surface area contributed by atoms with Crippen molar-refractivity contribution in [1.29, 1.82) is 0 Å². The number of nitrogens with one attached hydrogen (secondary N) is 1. The molecule has 1 rings (SSSR count). The van der Waals surface area contributed by atoms with Crippen molar-refractivity contribution in [1.82, 2.24) is 5.32 Å². The van der Waals surface area contributed by atoms with Gasteiger partial charge in [0.1, 0.15) is 11.4 Å². The van der Waals surface area contributed by atoms with Crippen LogP contribution in [0.4, 0.5) is 4.39 Å². The summed E-state index contributed by atoms with van der Waals surface area (Å²) >= 11 is 0. The summed E-state index contributed by atoms with van der Waals surface area (Å²) in [4.78, 5) is 12.1. The Morgan fingerprint density at radius 2 is 2.00 bits per heavy atom. The molecule has 0 aliphatic rings. The second kappa shape index (κ2) is 8.39. The molecule has 1 aromatic carbocycles. The van der Waals surface area contributed by atoms with Gasteiger partial charge in [0.05, 0.1) is 10.6 Å². The maximum absolute atomic E-state index is 12.9. The fourth-order valence-electron chi connectivity index (χ4n) is 2.09. The van der Waals surface area contributed by atoms with Crippen LogP contribution in [-0.2, 0) is 14.6 Å². The Kier molecular flexibility index (Phi) is 7.10. The van der Waals surface area contributed by atoms with Crippen molar-refractivity contribution in [3.05, 3.63) is 42.7 Å². The molecule has 0 spiro atoms. The Bertz CT molecular complexity index is 668. The van der Waals surface area contributed by atoms with Crippen molar-refractivity contribution in [3.8, 4) is 0 Å². The first-order chi connectivity index (χ1) is 11.1. The lowest BCUT2D eigenvalue weighted by Gasteiger charge is -2.25. The number of carbonyl (C=O) groups excluding carboxylic acids is 1. The third kappa shape index (κ3) is 5.72. The average Bonchev–Trinajstić information content (AvgIpc) is 2.53. The second-order valence-electron chi connectivity index (χ2n) is 5.90. The molecule has 134 valence electrons. The molecule has 2 unspecified atom stereocenters. The van der Waals surface area contributed by atoms with E-state index in [1.165, 1.54) is 6.92 Å².